The Morgan fingerprint density at radius 3 is 1.52 bits per heavy atom. The second-order valence-electron chi connectivity index (χ2n) is 12.1. The first-order valence-electron chi connectivity index (χ1n) is 16.9. The fourth-order valence-electron chi connectivity index (χ4n) is 5.81. The Labute approximate surface area is 247 Å². The maximum Gasteiger partial charge on any atom is 0.240 e. The highest BCUT2D eigenvalue weighted by atomic mass is 32.2. The number of anilines is 1. The molecule has 6 heteroatoms. The summed E-state index contributed by atoms with van der Waals surface area (Å²) in [6.07, 6.45) is 31.2. The molecule has 1 fully saturated rings. The predicted molar refractivity (Wildman–Crippen MR) is 170 cm³/mol. The van der Waals surface area contributed by atoms with E-state index in [9.17, 15) is 13.2 Å². The molecule has 1 aliphatic carbocycles. The van der Waals surface area contributed by atoms with Gasteiger partial charge in [-0.1, -0.05) is 142 Å². The fraction of sp³-hybridized carbons (Fsp3) is 0.794. The number of carbonyl (C=O) groups is 1. The molecule has 40 heavy (non-hydrogen) atoms. The van der Waals surface area contributed by atoms with Crippen LogP contribution in [0.2, 0.25) is 0 Å². The van der Waals surface area contributed by atoms with Crippen LogP contribution in [0.3, 0.4) is 0 Å². The summed E-state index contributed by atoms with van der Waals surface area (Å²) in [5, 5.41) is 2.91. The van der Waals surface area contributed by atoms with E-state index in [4.69, 9.17) is 0 Å². The molecule has 0 saturated heterocycles. The van der Waals surface area contributed by atoms with Crippen LogP contribution < -0.4 is 10.0 Å². The summed E-state index contributed by atoms with van der Waals surface area (Å²) in [7, 11) is -3.51. The van der Waals surface area contributed by atoms with Gasteiger partial charge in [0, 0.05) is 18.2 Å². The minimum atomic E-state index is -3.51. The Balaban J connectivity index is 1.39. The number of sulfonamides is 1. The zero-order valence-electron chi connectivity index (χ0n) is 25.7. The summed E-state index contributed by atoms with van der Waals surface area (Å²) in [4.78, 5) is 12.6. The second kappa shape index (κ2) is 22.2. The lowest BCUT2D eigenvalue weighted by Gasteiger charge is -2.22. The van der Waals surface area contributed by atoms with Crippen molar-refractivity contribution in [2.45, 2.75) is 178 Å². The highest BCUT2D eigenvalue weighted by Crippen LogP contribution is 2.21. The van der Waals surface area contributed by atoms with E-state index in [1.54, 1.807) is 24.3 Å². The van der Waals surface area contributed by atoms with Crippen LogP contribution in [0.25, 0.3) is 0 Å². The standard InChI is InChI=1S/C34H60N2O3S/c1-2-3-4-5-6-7-8-9-10-11-12-13-14-15-16-17-18-19-23-26-34(37)35-31-27-29-33(30-28-31)40(38,39)36-32-24-21-20-22-25-32/h27-30,32,36H,2-26H2,1H3,(H,35,37). The van der Waals surface area contributed by atoms with Crippen molar-refractivity contribution >= 4 is 21.6 Å². The van der Waals surface area contributed by atoms with Crippen LogP contribution in [-0.4, -0.2) is 20.4 Å². The third-order valence-electron chi connectivity index (χ3n) is 8.38. The highest BCUT2D eigenvalue weighted by molar-refractivity contribution is 7.89. The summed E-state index contributed by atoms with van der Waals surface area (Å²) in [5.74, 6) is 0.00270. The first-order valence-corrected chi connectivity index (χ1v) is 18.4. The van der Waals surface area contributed by atoms with Gasteiger partial charge in [0.2, 0.25) is 15.9 Å². The van der Waals surface area contributed by atoms with E-state index in [-0.39, 0.29) is 16.8 Å². The van der Waals surface area contributed by atoms with Gasteiger partial charge in [-0.2, -0.15) is 0 Å². The summed E-state index contributed by atoms with van der Waals surface area (Å²) < 4.78 is 28.1. The molecule has 0 unspecified atom stereocenters. The summed E-state index contributed by atoms with van der Waals surface area (Å²) in [6.45, 7) is 2.28. The molecule has 0 atom stereocenters. The van der Waals surface area contributed by atoms with Crippen LogP contribution in [-0.2, 0) is 14.8 Å². The van der Waals surface area contributed by atoms with E-state index in [2.05, 4.69) is 17.0 Å². The van der Waals surface area contributed by atoms with Gasteiger partial charge in [-0.05, 0) is 43.5 Å². The van der Waals surface area contributed by atoms with E-state index >= 15 is 0 Å². The molecule has 1 aromatic carbocycles. The van der Waals surface area contributed by atoms with Gasteiger partial charge in [0.25, 0.3) is 0 Å². The quantitative estimate of drug-likeness (QED) is 0.120. The smallest absolute Gasteiger partial charge is 0.240 e. The number of unbranched alkanes of at least 4 members (excludes halogenated alkanes) is 18. The van der Waals surface area contributed by atoms with Crippen LogP contribution in [0.4, 0.5) is 5.69 Å². The average molecular weight is 577 g/mol. The van der Waals surface area contributed by atoms with Gasteiger partial charge >= 0.3 is 0 Å². The van der Waals surface area contributed by atoms with Crippen LogP contribution >= 0.6 is 0 Å². The Morgan fingerprint density at radius 2 is 1.07 bits per heavy atom. The third-order valence-corrected chi connectivity index (χ3v) is 9.92. The van der Waals surface area contributed by atoms with Gasteiger partial charge < -0.3 is 5.32 Å². The maximum absolute atomic E-state index is 12.6. The Bertz CT molecular complexity index is 864. The molecule has 0 aliphatic heterocycles. The number of benzene rings is 1. The van der Waals surface area contributed by atoms with Gasteiger partial charge in [0.1, 0.15) is 0 Å². The van der Waals surface area contributed by atoms with Gasteiger partial charge in [-0.15, -0.1) is 0 Å². The van der Waals surface area contributed by atoms with Gasteiger partial charge in [0.15, 0.2) is 0 Å². The number of nitrogens with one attached hydrogen (secondary N) is 2. The van der Waals surface area contributed by atoms with E-state index in [0.29, 0.717) is 12.1 Å². The number of hydrogen-bond acceptors (Lipinski definition) is 3. The Hall–Kier alpha value is -1.40. The van der Waals surface area contributed by atoms with E-state index in [1.807, 2.05) is 0 Å². The summed E-state index contributed by atoms with van der Waals surface area (Å²) in [5.41, 5.74) is 0.652. The van der Waals surface area contributed by atoms with Crippen molar-refractivity contribution in [3.05, 3.63) is 24.3 Å². The predicted octanol–water partition coefficient (Wildman–Crippen LogP) is 10.1. The topological polar surface area (TPSA) is 75.3 Å². The lowest BCUT2D eigenvalue weighted by Crippen LogP contribution is -2.36. The maximum atomic E-state index is 12.6. The van der Waals surface area contributed by atoms with Crippen molar-refractivity contribution in [1.82, 2.24) is 4.72 Å². The zero-order valence-corrected chi connectivity index (χ0v) is 26.5. The number of amides is 1. The van der Waals surface area contributed by atoms with E-state index in [0.717, 1.165) is 38.5 Å². The van der Waals surface area contributed by atoms with E-state index < -0.39 is 10.0 Å². The van der Waals surface area contributed by atoms with Crippen molar-refractivity contribution in [3.8, 4) is 0 Å². The van der Waals surface area contributed by atoms with Crippen LogP contribution in [0.5, 0.6) is 0 Å². The molecular formula is C34H60N2O3S. The first kappa shape index (κ1) is 34.8. The van der Waals surface area contributed by atoms with Crippen LogP contribution in [0.15, 0.2) is 29.2 Å². The van der Waals surface area contributed by atoms with Crippen molar-refractivity contribution in [2.75, 3.05) is 5.32 Å². The highest BCUT2D eigenvalue weighted by Gasteiger charge is 2.21. The molecule has 2 N–H and O–H groups in total. The molecule has 230 valence electrons. The number of rotatable bonds is 24. The van der Waals surface area contributed by atoms with Gasteiger partial charge in [-0.3, -0.25) is 4.79 Å². The summed E-state index contributed by atoms with van der Waals surface area (Å²) >= 11 is 0. The first-order chi connectivity index (χ1) is 19.5. The van der Waals surface area contributed by atoms with E-state index in [1.165, 1.54) is 116 Å². The van der Waals surface area contributed by atoms with Crippen molar-refractivity contribution in [2.24, 2.45) is 0 Å². The molecule has 1 saturated carbocycles. The van der Waals surface area contributed by atoms with Crippen molar-refractivity contribution < 1.29 is 13.2 Å². The second-order valence-corrected chi connectivity index (χ2v) is 13.9. The fourth-order valence-corrected chi connectivity index (χ4v) is 7.12. The van der Waals surface area contributed by atoms with Crippen molar-refractivity contribution in [1.29, 1.82) is 0 Å². The molecule has 0 bridgehead atoms. The molecule has 0 spiro atoms. The van der Waals surface area contributed by atoms with Crippen molar-refractivity contribution in [3.63, 3.8) is 0 Å². The minimum Gasteiger partial charge on any atom is -0.326 e. The molecule has 0 heterocycles. The summed E-state index contributed by atoms with van der Waals surface area (Å²) in [6, 6.07) is 6.57. The normalized spacial score (nSPS) is 14.4. The average Bonchev–Trinajstić information content (AvgIpc) is 2.95. The molecule has 2 rings (SSSR count). The Morgan fingerprint density at radius 1 is 0.650 bits per heavy atom. The molecule has 5 nitrogen and oxygen atoms in total. The lowest BCUT2D eigenvalue weighted by atomic mass is 9.96. The number of hydrogen-bond donors (Lipinski definition) is 2. The largest absolute Gasteiger partial charge is 0.326 e. The molecule has 1 amide bonds. The SMILES string of the molecule is CCCCCCCCCCCCCCCCCCCCCC(=O)Nc1ccc(S(=O)(=O)NC2CCCCC2)cc1. The zero-order chi connectivity index (χ0) is 28.7. The molecule has 0 aromatic heterocycles. The minimum absolute atomic E-state index is 0.00270. The van der Waals surface area contributed by atoms with Gasteiger partial charge in [0.05, 0.1) is 4.90 Å². The third kappa shape index (κ3) is 16.8. The molecule has 1 aliphatic rings. The van der Waals surface area contributed by atoms with Crippen LogP contribution in [0.1, 0.15) is 167 Å². The monoisotopic (exact) mass is 576 g/mol. The van der Waals surface area contributed by atoms with Gasteiger partial charge in [-0.25, -0.2) is 13.1 Å². The number of carbonyl (C=O) groups excluding carboxylic acids is 1. The Kier molecular flexibility index (Phi) is 19.3. The lowest BCUT2D eigenvalue weighted by molar-refractivity contribution is -0.116. The molecular weight excluding hydrogens is 516 g/mol. The molecule has 0 radical (unpaired) electrons. The molecule has 1 aromatic rings. The van der Waals surface area contributed by atoms with Crippen LogP contribution in [0, 0.1) is 0 Å².